The number of hydrogen-bond donors (Lipinski definition) is 1. The molecule has 0 atom stereocenters. The Kier molecular flexibility index (Phi) is 6.43. The van der Waals surface area contributed by atoms with Crippen molar-refractivity contribution in [2.75, 3.05) is 27.2 Å². The van der Waals surface area contributed by atoms with Crippen molar-refractivity contribution in [3.63, 3.8) is 0 Å². The first-order valence-corrected chi connectivity index (χ1v) is 6.72. The Morgan fingerprint density at radius 3 is 2.76 bits per heavy atom. The summed E-state index contributed by atoms with van der Waals surface area (Å²) in [6, 6.07) is 3.63. The van der Waals surface area contributed by atoms with E-state index >= 15 is 0 Å². The van der Waals surface area contributed by atoms with Crippen LogP contribution in [0.4, 0.5) is 0 Å². The number of aromatic nitrogens is 1. The van der Waals surface area contributed by atoms with Crippen LogP contribution in [0.25, 0.3) is 0 Å². The number of nitrogens with one attached hydrogen (secondary N) is 1. The molecule has 1 rings (SSSR count). The zero-order valence-corrected chi connectivity index (χ0v) is 12.4. The fourth-order valence-corrected chi connectivity index (χ4v) is 1.69. The van der Waals surface area contributed by atoms with Gasteiger partial charge in [-0.1, -0.05) is 0 Å². The maximum atomic E-state index is 11.7. The maximum absolute atomic E-state index is 11.7. The van der Waals surface area contributed by atoms with E-state index in [9.17, 15) is 4.79 Å². The van der Waals surface area contributed by atoms with Gasteiger partial charge in [0, 0.05) is 12.7 Å². The molecular weight excluding hydrogens is 325 g/mol. The topological polar surface area (TPSA) is 45.2 Å². The third-order valence-corrected chi connectivity index (χ3v) is 2.95. The summed E-state index contributed by atoms with van der Waals surface area (Å²) in [6.07, 6.45) is 3.71. The van der Waals surface area contributed by atoms with Crippen molar-refractivity contribution >= 4 is 28.5 Å². The van der Waals surface area contributed by atoms with Crippen LogP contribution in [0.5, 0.6) is 0 Å². The van der Waals surface area contributed by atoms with Crippen molar-refractivity contribution in [2.24, 2.45) is 0 Å². The summed E-state index contributed by atoms with van der Waals surface area (Å²) in [5.41, 5.74) is 0.623. The molecule has 1 aromatic heterocycles. The second-order valence-corrected chi connectivity index (χ2v) is 5.24. The molecule has 1 N–H and O–H groups in total. The molecule has 0 aliphatic rings. The molecule has 0 saturated heterocycles. The van der Waals surface area contributed by atoms with Crippen LogP contribution in [0, 0.1) is 3.70 Å². The fraction of sp³-hybridized carbons (Fsp3) is 0.500. The molecule has 1 heterocycles. The van der Waals surface area contributed by atoms with Gasteiger partial charge in [-0.15, -0.1) is 0 Å². The fourth-order valence-electron chi connectivity index (χ4n) is 1.37. The normalized spacial score (nSPS) is 10.6. The lowest BCUT2D eigenvalue weighted by atomic mass is 10.2. The number of carbonyl (C=O) groups is 1. The second kappa shape index (κ2) is 7.60. The van der Waals surface area contributed by atoms with Gasteiger partial charge in [-0.3, -0.25) is 4.79 Å². The van der Waals surface area contributed by atoms with Gasteiger partial charge < -0.3 is 10.2 Å². The Hall–Kier alpha value is -0.690. The average molecular weight is 343 g/mol. The Morgan fingerprint density at radius 2 is 2.18 bits per heavy atom. The summed E-state index contributed by atoms with van der Waals surface area (Å²) in [5.74, 6) is -0.0428. The van der Waals surface area contributed by atoms with Crippen molar-refractivity contribution in [3.8, 4) is 0 Å². The van der Waals surface area contributed by atoms with E-state index in [1.165, 1.54) is 0 Å². The molecule has 0 aliphatic carbocycles. The number of halogens is 1. The predicted octanol–water partition coefficient (Wildman–Crippen LogP) is 1.76. The highest BCUT2D eigenvalue weighted by molar-refractivity contribution is 14.1. The molecule has 0 bridgehead atoms. The van der Waals surface area contributed by atoms with Crippen molar-refractivity contribution in [3.05, 3.63) is 27.6 Å². The number of nitrogens with zero attached hydrogens (tertiary/aromatic N) is 2. The number of unbranched alkanes of at least 4 members (excludes halogenated alkanes) is 1. The summed E-state index contributed by atoms with van der Waals surface area (Å²) in [7, 11) is 4.10. The lowest BCUT2D eigenvalue weighted by molar-refractivity contribution is 0.0952. The van der Waals surface area contributed by atoms with Gasteiger partial charge in [0.2, 0.25) is 0 Å². The van der Waals surface area contributed by atoms with E-state index in [0.717, 1.165) is 29.6 Å². The molecule has 5 heteroatoms. The van der Waals surface area contributed by atoms with Crippen molar-refractivity contribution in [1.29, 1.82) is 0 Å². The smallest absolute Gasteiger partial charge is 0.252 e. The largest absolute Gasteiger partial charge is 0.352 e. The highest BCUT2D eigenvalue weighted by Gasteiger charge is 2.04. The van der Waals surface area contributed by atoms with Crippen LogP contribution in [-0.4, -0.2) is 43.0 Å². The maximum Gasteiger partial charge on any atom is 0.252 e. The third kappa shape index (κ3) is 5.97. The van der Waals surface area contributed by atoms with E-state index in [1.54, 1.807) is 12.3 Å². The van der Waals surface area contributed by atoms with E-state index < -0.39 is 0 Å². The zero-order chi connectivity index (χ0) is 12.7. The van der Waals surface area contributed by atoms with E-state index in [0.29, 0.717) is 5.56 Å². The number of pyridine rings is 1. The van der Waals surface area contributed by atoms with Gasteiger partial charge in [0.05, 0.1) is 5.56 Å². The molecule has 1 amide bonds. The molecule has 94 valence electrons. The van der Waals surface area contributed by atoms with Gasteiger partial charge in [0.15, 0.2) is 0 Å². The summed E-state index contributed by atoms with van der Waals surface area (Å²) >= 11 is 2.12. The van der Waals surface area contributed by atoms with Crippen molar-refractivity contribution in [1.82, 2.24) is 15.2 Å². The first-order valence-electron chi connectivity index (χ1n) is 5.64. The van der Waals surface area contributed by atoms with Crippen LogP contribution in [-0.2, 0) is 0 Å². The first kappa shape index (κ1) is 14.4. The predicted molar refractivity (Wildman–Crippen MR) is 77.1 cm³/mol. The number of carbonyl (C=O) groups excluding carboxylic acids is 1. The van der Waals surface area contributed by atoms with Gasteiger partial charge in [-0.2, -0.15) is 0 Å². The standard InChI is InChI=1S/C12H18IN3O/c1-16(2)8-4-3-7-14-12(17)10-5-6-11(13)15-9-10/h5-6,9H,3-4,7-8H2,1-2H3,(H,14,17)/i13-4. The minimum absolute atomic E-state index is 0.0428. The van der Waals surface area contributed by atoms with Gasteiger partial charge in [-0.25, -0.2) is 4.98 Å². The Bertz CT molecular complexity index is 351. The molecule has 1 aromatic rings. The highest BCUT2D eigenvalue weighted by atomic mass is 123. The molecule has 0 radical (unpaired) electrons. The minimum Gasteiger partial charge on any atom is -0.352 e. The molecule has 0 aromatic carbocycles. The first-order chi connectivity index (χ1) is 8.09. The van der Waals surface area contributed by atoms with Gasteiger partial charge in [0.1, 0.15) is 3.70 Å². The average Bonchev–Trinajstić information content (AvgIpc) is 2.29. The minimum atomic E-state index is -0.0428. The van der Waals surface area contributed by atoms with Crippen LogP contribution >= 0.6 is 22.6 Å². The van der Waals surface area contributed by atoms with Crippen LogP contribution in [0.15, 0.2) is 18.3 Å². The molecule has 0 saturated carbocycles. The molecule has 4 nitrogen and oxygen atoms in total. The summed E-state index contributed by atoms with van der Waals surface area (Å²) in [4.78, 5) is 17.9. The number of rotatable bonds is 6. The summed E-state index contributed by atoms with van der Waals surface area (Å²) < 4.78 is 0.894. The monoisotopic (exact) mass is 343 g/mol. The SMILES string of the molecule is CN(C)CCCCNC(=O)c1ccc([123I])nc1. The molecule has 0 fully saturated rings. The quantitative estimate of drug-likeness (QED) is 0.486. The van der Waals surface area contributed by atoms with Gasteiger partial charge in [0.25, 0.3) is 5.91 Å². The summed E-state index contributed by atoms with van der Waals surface area (Å²) in [6.45, 7) is 1.78. The summed E-state index contributed by atoms with van der Waals surface area (Å²) in [5, 5.41) is 2.89. The highest BCUT2D eigenvalue weighted by Crippen LogP contribution is 2.02. The molecule has 17 heavy (non-hydrogen) atoms. The Labute approximate surface area is 116 Å². The zero-order valence-electron chi connectivity index (χ0n) is 10.2. The lowest BCUT2D eigenvalue weighted by Crippen LogP contribution is -2.25. The lowest BCUT2D eigenvalue weighted by Gasteiger charge is -2.09. The number of hydrogen-bond acceptors (Lipinski definition) is 3. The van der Waals surface area contributed by atoms with Crippen LogP contribution in [0.3, 0.4) is 0 Å². The van der Waals surface area contributed by atoms with Gasteiger partial charge in [-0.05, 0) is 68.2 Å². The molecule has 0 spiro atoms. The van der Waals surface area contributed by atoms with E-state index in [1.807, 2.05) is 6.07 Å². The van der Waals surface area contributed by atoms with Crippen LogP contribution < -0.4 is 5.32 Å². The van der Waals surface area contributed by atoms with E-state index in [-0.39, 0.29) is 5.91 Å². The Morgan fingerprint density at radius 1 is 1.41 bits per heavy atom. The Balaban J connectivity index is 2.23. The van der Waals surface area contributed by atoms with E-state index in [4.69, 9.17) is 0 Å². The molecular formula is C12H18IN3O. The second-order valence-electron chi connectivity index (χ2n) is 4.14. The van der Waals surface area contributed by atoms with Gasteiger partial charge >= 0.3 is 0 Å². The third-order valence-electron chi connectivity index (χ3n) is 2.31. The van der Waals surface area contributed by atoms with E-state index in [2.05, 4.69) is 51.9 Å². The van der Waals surface area contributed by atoms with Crippen LogP contribution in [0.2, 0.25) is 0 Å². The van der Waals surface area contributed by atoms with Crippen molar-refractivity contribution < 1.29 is 4.79 Å². The van der Waals surface area contributed by atoms with Crippen molar-refractivity contribution in [2.45, 2.75) is 12.8 Å². The molecule has 0 aliphatic heterocycles. The molecule has 0 unspecified atom stereocenters. The number of amides is 1. The van der Waals surface area contributed by atoms with Crippen LogP contribution in [0.1, 0.15) is 23.2 Å².